The van der Waals surface area contributed by atoms with Crippen LogP contribution in [-0.4, -0.2) is 43.5 Å². The second-order valence-electron chi connectivity index (χ2n) is 9.62. The number of aliphatic hydroxyl groups excluding tert-OH is 1. The van der Waals surface area contributed by atoms with Gasteiger partial charge in [-0.2, -0.15) is 0 Å². The molecule has 2 unspecified atom stereocenters. The SMILES string of the molecule is CCC(CC)(c1ccc(OCC(O)C(C)(C)C)c(C)c1)C1CC=C(CS(C)(=O)=O)S1. The summed E-state index contributed by atoms with van der Waals surface area (Å²) in [6.07, 6.45) is 5.75. The molecule has 0 aliphatic carbocycles. The fraction of sp³-hybridized carbons (Fsp3) is 0.667. The molecule has 0 amide bonds. The zero-order valence-electron chi connectivity index (χ0n) is 19.5. The summed E-state index contributed by atoms with van der Waals surface area (Å²) in [6.45, 7) is 12.8. The average molecular weight is 455 g/mol. The van der Waals surface area contributed by atoms with Crippen molar-refractivity contribution in [3.8, 4) is 5.75 Å². The largest absolute Gasteiger partial charge is 0.491 e. The van der Waals surface area contributed by atoms with Crippen LogP contribution in [0.15, 0.2) is 29.2 Å². The van der Waals surface area contributed by atoms with Crippen molar-refractivity contribution >= 4 is 21.6 Å². The molecule has 0 fully saturated rings. The Bertz CT molecular complexity index is 862. The summed E-state index contributed by atoms with van der Waals surface area (Å²) in [7, 11) is -3.02. The molecule has 2 atom stereocenters. The Labute approximate surface area is 187 Å². The molecule has 0 saturated carbocycles. The summed E-state index contributed by atoms with van der Waals surface area (Å²) in [4.78, 5) is 0.974. The molecule has 170 valence electrons. The Morgan fingerprint density at radius 1 is 1.23 bits per heavy atom. The third-order valence-electron chi connectivity index (χ3n) is 6.28. The second kappa shape index (κ2) is 9.66. The third-order valence-corrected chi connectivity index (χ3v) is 8.84. The van der Waals surface area contributed by atoms with Crippen molar-refractivity contribution < 1.29 is 18.3 Å². The van der Waals surface area contributed by atoms with Gasteiger partial charge in [-0.1, -0.05) is 52.8 Å². The van der Waals surface area contributed by atoms with Crippen LogP contribution in [0.3, 0.4) is 0 Å². The van der Waals surface area contributed by atoms with Crippen molar-refractivity contribution in [1.82, 2.24) is 0 Å². The number of ether oxygens (including phenoxy) is 1. The molecular formula is C24H38O4S2. The molecule has 1 aromatic carbocycles. The highest BCUT2D eigenvalue weighted by molar-refractivity contribution is 8.05. The molecule has 0 bridgehead atoms. The lowest BCUT2D eigenvalue weighted by Gasteiger charge is -2.38. The van der Waals surface area contributed by atoms with E-state index in [0.717, 1.165) is 35.5 Å². The van der Waals surface area contributed by atoms with Gasteiger partial charge in [-0.3, -0.25) is 0 Å². The molecule has 6 heteroatoms. The van der Waals surface area contributed by atoms with Crippen LogP contribution < -0.4 is 4.74 Å². The molecule has 0 spiro atoms. The van der Waals surface area contributed by atoms with E-state index in [4.69, 9.17) is 4.74 Å². The molecule has 4 nitrogen and oxygen atoms in total. The predicted molar refractivity (Wildman–Crippen MR) is 128 cm³/mol. The summed E-state index contributed by atoms with van der Waals surface area (Å²) < 4.78 is 29.4. The predicted octanol–water partition coefficient (Wildman–Crippen LogP) is 5.27. The van der Waals surface area contributed by atoms with Gasteiger partial charge in [-0.15, -0.1) is 11.8 Å². The Kier molecular flexibility index (Phi) is 8.14. The Morgan fingerprint density at radius 2 is 1.87 bits per heavy atom. The van der Waals surface area contributed by atoms with Gasteiger partial charge in [0.1, 0.15) is 12.4 Å². The minimum Gasteiger partial charge on any atom is -0.491 e. The Hall–Kier alpha value is -0.980. The van der Waals surface area contributed by atoms with Gasteiger partial charge in [0.2, 0.25) is 0 Å². The number of hydrogen-bond acceptors (Lipinski definition) is 5. The molecule has 30 heavy (non-hydrogen) atoms. The standard InChI is InChI=1S/C24H38O4S2/c1-8-24(9-2,22-13-11-19(29-22)16-30(7,26)27)18-10-12-20(17(3)14-18)28-15-21(25)23(4,5)6/h10-12,14,21-22,25H,8-9,13,15-16H2,1-7H3. The quantitative estimate of drug-likeness (QED) is 0.550. The number of aliphatic hydroxyl groups is 1. The van der Waals surface area contributed by atoms with Crippen LogP contribution >= 0.6 is 11.8 Å². The van der Waals surface area contributed by atoms with Crippen LogP contribution in [0.25, 0.3) is 0 Å². The number of thioether (sulfide) groups is 1. The first-order chi connectivity index (χ1) is 13.8. The van der Waals surface area contributed by atoms with E-state index in [1.807, 2.05) is 33.8 Å². The molecule has 1 aliphatic rings. The van der Waals surface area contributed by atoms with Crippen LogP contribution in [0.5, 0.6) is 5.75 Å². The maximum Gasteiger partial charge on any atom is 0.152 e. The van der Waals surface area contributed by atoms with Crippen molar-refractivity contribution in [3.05, 3.63) is 40.3 Å². The summed E-state index contributed by atoms with van der Waals surface area (Å²) in [5, 5.41) is 10.6. The van der Waals surface area contributed by atoms with Crippen LogP contribution in [0.1, 0.15) is 65.0 Å². The zero-order chi connectivity index (χ0) is 22.7. The van der Waals surface area contributed by atoms with E-state index in [0.29, 0.717) is 5.25 Å². The lowest BCUT2D eigenvalue weighted by molar-refractivity contribution is 0.0216. The van der Waals surface area contributed by atoms with Crippen LogP contribution in [0, 0.1) is 12.3 Å². The lowest BCUT2D eigenvalue weighted by atomic mass is 9.71. The summed E-state index contributed by atoms with van der Waals surface area (Å²) in [5.41, 5.74) is 2.10. The first kappa shape index (κ1) is 25.3. The highest BCUT2D eigenvalue weighted by Crippen LogP contribution is 2.49. The number of hydrogen-bond donors (Lipinski definition) is 1. The van der Waals surface area contributed by atoms with Gasteiger partial charge in [0, 0.05) is 16.9 Å². The topological polar surface area (TPSA) is 63.6 Å². The van der Waals surface area contributed by atoms with Gasteiger partial charge in [0.05, 0.1) is 11.9 Å². The van der Waals surface area contributed by atoms with E-state index in [1.165, 1.54) is 11.8 Å². The van der Waals surface area contributed by atoms with Crippen LogP contribution in [0.4, 0.5) is 0 Å². The van der Waals surface area contributed by atoms with Gasteiger partial charge in [0.15, 0.2) is 9.84 Å². The fourth-order valence-corrected chi connectivity index (χ4v) is 7.04. The average Bonchev–Trinajstić information content (AvgIpc) is 3.08. The lowest BCUT2D eigenvalue weighted by Crippen LogP contribution is -2.35. The van der Waals surface area contributed by atoms with Crippen molar-refractivity contribution in [1.29, 1.82) is 0 Å². The zero-order valence-corrected chi connectivity index (χ0v) is 21.1. The number of aryl methyl sites for hydroxylation is 1. The number of sulfone groups is 1. The fourth-order valence-electron chi connectivity index (χ4n) is 4.05. The molecule has 1 N–H and O–H groups in total. The molecule has 1 aromatic rings. The van der Waals surface area contributed by atoms with Gasteiger partial charge in [-0.25, -0.2) is 8.42 Å². The maximum atomic E-state index is 11.7. The van der Waals surface area contributed by atoms with Crippen molar-refractivity contribution in [2.75, 3.05) is 18.6 Å². The molecule has 2 rings (SSSR count). The first-order valence-electron chi connectivity index (χ1n) is 10.8. The summed E-state index contributed by atoms with van der Waals surface area (Å²) in [5.74, 6) is 0.942. The second-order valence-corrected chi connectivity index (χ2v) is 13.1. The number of allylic oxidation sites excluding steroid dienone is 1. The van der Waals surface area contributed by atoms with E-state index in [2.05, 4.69) is 32.1 Å². The monoisotopic (exact) mass is 454 g/mol. The van der Waals surface area contributed by atoms with E-state index in [1.54, 1.807) is 11.8 Å². The highest BCUT2D eigenvalue weighted by Gasteiger charge is 2.40. The summed E-state index contributed by atoms with van der Waals surface area (Å²) in [6, 6.07) is 6.37. The van der Waals surface area contributed by atoms with E-state index in [-0.39, 0.29) is 23.2 Å². The van der Waals surface area contributed by atoms with Crippen molar-refractivity contribution in [2.45, 2.75) is 77.6 Å². The number of rotatable bonds is 9. The van der Waals surface area contributed by atoms with Crippen LogP contribution in [0.2, 0.25) is 0 Å². The Balaban J connectivity index is 2.21. The number of benzene rings is 1. The minimum absolute atomic E-state index is 0.0192. The molecule has 1 heterocycles. The van der Waals surface area contributed by atoms with Gasteiger partial charge < -0.3 is 9.84 Å². The smallest absolute Gasteiger partial charge is 0.152 e. The van der Waals surface area contributed by atoms with Crippen molar-refractivity contribution in [2.24, 2.45) is 5.41 Å². The maximum absolute atomic E-state index is 11.7. The molecule has 0 radical (unpaired) electrons. The summed E-state index contributed by atoms with van der Waals surface area (Å²) >= 11 is 1.73. The Morgan fingerprint density at radius 3 is 2.37 bits per heavy atom. The van der Waals surface area contributed by atoms with Gasteiger partial charge >= 0.3 is 0 Å². The third kappa shape index (κ3) is 6.04. The first-order valence-corrected chi connectivity index (χ1v) is 13.7. The van der Waals surface area contributed by atoms with E-state index >= 15 is 0 Å². The molecule has 0 aromatic heterocycles. The normalized spacial score (nSPS) is 18.9. The van der Waals surface area contributed by atoms with Crippen LogP contribution in [-0.2, 0) is 15.3 Å². The highest BCUT2D eigenvalue weighted by atomic mass is 32.2. The van der Waals surface area contributed by atoms with Gasteiger partial charge in [-0.05, 0) is 53.7 Å². The molecular weight excluding hydrogens is 416 g/mol. The molecule has 0 saturated heterocycles. The van der Waals surface area contributed by atoms with E-state index < -0.39 is 15.9 Å². The minimum atomic E-state index is -3.02. The van der Waals surface area contributed by atoms with Crippen molar-refractivity contribution in [3.63, 3.8) is 0 Å². The van der Waals surface area contributed by atoms with Gasteiger partial charge in [0.25, 0.3) is 0 Å². The van der Waals surface area contributed by atoms with E-state index in [9.17, 15) is 13.5 Å². The molecule has 1 aliphatic heterocycles.